The fourth-order valence-electron chi connectivity index (χ4n) is 1.18. The first-order valence-corrected chi connectivity index (χ1v) is 5.05. The van der Waals surface area contributed by atoms with Crippen LogP contribution in [0.15, 0.2) is 30.3 Å². The van der Waals surface area contributed by atoms with Crippen molar-refractivity contribution < 1.29 is 14.3 Å². The van der Waals surface area contributed by atoms with Crippen molar-refractivity contribution in [1.29, 1.82) is 0 Å². The summed E-state index contributed by atoms with van der Waals surface area (Å²) in [5.41, 5.74) is 3.23. The number of anilines is 1. The molecule has 0 atom stereocenters. The van der Waals surface area contributed by atoms with Gasteiger partial charge in [-0.05, 0) is 12.1 Å². The van der Waals surface area contributed by atoms with Gasteiger partial charge in [-0.25, -0.2) is 10.2 Å². The van der Waals surface area contributed by atoms with E-state index < -0.39 is 12.0 Å². The van der Waals surface area contributed by atoms with Crippen molar-refractivity contribution in [3.63, 3.8) is 0 Å². The Morgan fingerprint density at radius 2 is 1.94 bits per heavy atom. The topological polar surface area (TPSA) is 70.7 Å². The molecule has 17 heavy (non-hydrogen) atoms. The maximum absolute atomic E-state index is 11.2. The van der Waals surface area contributed by atoms with Gasteiger partial charge in [0.15, 0.2) is 0 Å². The highest BCUT2D eigenvalue weighted by atomic mass is 16.5. The molecule has 0 heterocycles. The molecule has 6 nitrogen and oxygen atoms in total. The molecule has 6 heteroatoms. The zero-order chi connectivity index (χ0) is 12.7. The fourth-order valence-corrected chi connectivity index (χ4v) is 1.18. The van der Waals surface area contributed by atoms with Crippen molar-refractivity contribution in [3.8, 4) is 0 Å². The number of carbonyl (C=O) groups is 2. The minimum Gasteiger partial charge on any atom is -0.468 e. The Hall–Kier alpha value is -2.24. The summed E-state index contributed by atoms with van der Waals surface area (Å²) >= 11 is 0. The molecule has 0 aromatic heterocycles. The van der Waals surface area contributed by atoms with Crippen molar-refractivity contribution in [3.05, 3.63) is 30.3 Å². The van der Waals surface area contributed by atoms with Crippen LogP contribution >= 0.6 is 0 Å². The lowest BCUT2D eigenvalue weighted by molar-refractivity contribution is -0.139. The van der Waals surface area contributed by atoms with Crippen molar-refractivity contribution in [2.45, 2.75) is 0 Å². The minimum absolute atomic E-state index is 0.0616. The molecule has 2 N–H and O–H groups in total. The Morgan fingerprint density at radius 1 is 1.29 bits per heavy atom. The number of nitrogens with zero attached hydrogens (tertiary/aromatic N) is 1. The van der Waals surface area contributed by atoms with Crippen LogP contribution in [0.3, 0.4) is 0 Å². The number of esters is 1. The highest BCUT2D eigenvalue weighted by Crippen LogP contribution is 2.10. The van der Waals surface area contributed by atoms with Crippen molar-refractivity contribution >= 4 is 17.7 Å². The van der Waals surface area contributed by atoms with Gasteiger partial charge >= 0.3 is 12.0 Å². The third-order valence-corrected chi connectivity index (χ3v) is 2.05. The van der Waals surface area contributed by atoms with E-state index in [9.17, 15) is 9.59 Å². The third kappa shape index (κ3) is 4.02. The maximum atomic E-state index is 11.2. The van der Waals surface area contributed by atoms with E-state index in [1.165, 1.54) is 19.2 Å². The number of methoxy groups -OCH3 is 1. The maximum Gasteiger partial charge on any atom is 0.333 e. The predicted octanol–water partition coefficient (Wildman–Crippen LogP) is 0.510. The number of hydrogen-bond acceptors (Lipinski definition) is 4. The van der Waals surface area contributed by atoms with Gasteiger partial charge in [0.2, 0.25) is 0 Å². The number of urea groups is 1. The zero-order valence-electron chi connectivity index (χ0n) is 9.77. The largest absolute Gasteiger partial charge is 0.468 e. The highest BCUT2D eigenvalue weighted by molar-refractivity contribution is 5.80. The monoisotopic (exact) mass is 237 g/mol. The number of nitrogens with one attached hydrogen (secondary N) is 2. The highest BCUT2D eigenvalue weighted by Gasteiger charge is 2.13. The summed E-state index contributed by atoms with van der Waals surface area (Å²) in [7, 11) is 2.79. The van der Waals surface area contributed by atoms with Gasteiger partial charge in [-0.15, -0.1) is 0 Å². The van der Waals surface area contributed by atoms with E-state index in [2.05, 4.69) is 15.5 Å². The molecule has 0 bridgehead atoms. The van der Waals surface area contributed by atoms with Crippen LogP contribution in [0.4, 0.5) is 10.5 Å². The molecule has 0 saturated carbocycles. The molecule has 0 fully saturated rings. The minimum atomic E-state index is -0.440. The Morgan fingerprint density at radius 3 is 2.47 bits per heavy atom. The molecule has 1 aromatic rings. The second-order valence-corrected chi connectivity index (χ2v) is 3.19. The standard InChI is InChI=1S/C11H15N3O3/c1-12-11(16)13-14(8-10(15)17-2)9-6-4-3-5-7-9/h3-7H,8H2,1-2H3,(H2,12,13,16). The van der Waals surface area contributed by atoms with Gasteiger partial charge in [0, 0.05) is 7.05 Å². The number of carbonyl (C=O) groups excluding carboxylic acids is 2. The molecule has 0 aliphatic heterocycles. The number of rotatable bonds is 4. The van der Waals surface area contributed by atoms with Gasteiger partial charge < -0.3 is 10.1 Å². The van der Waals surface area contributed by atoms with E-state index in [1.54, 1.807) is 12.1 Å². The summed E-state index contributed by atoms with van der Waals surface area (Å²) in [4.78, 5) is 22.5. The quantitative estimate of drug-likeness (QED) is 0.591. The SMILES string of the molecule is CNC(=O)NN(CC(=O)OC)c1ccccc1. The van der Waals surface area contributed by atoms with E-state index in [1.807, 2.05) is 18.2 Å². The van der Waals surface area contributed by atoms with E-state index >= 15 is 0 Å². The van der Waals surface area contributed by atoms with Crippen LogP contribution in [0.25, 0.3) is 0 Å². The summed E-state index contributed by atoms with van der Waals surface area (Å²) < 4.78 is 4.57. The summed E-state index contributed by atoms with van der Waals surface area (Å²) in [5, 5.41) is 3.82. The van der Waals surface area contributed by atoms with Gasteiger partial charge in [0.1, 0.15) is 6.54 Å². The molecule has 92 valence electrons. The molecule has 0 radical (unpaired) electrons. The molecular formula is C11H15N3O3. The second-order valence-electron chi connectivity index (χ2n) is 3.19. The van der Waals surface area contributed by atoms with E-state index in [-0.39, 0.29) is 6.54 Å². The lowest BCUT2D eigenvalue weighted by atomic mass is 10.3. The molecule has 0 saturated heterocycles. The molecule has 0 unspecified atom stereocenters. The van der Waals surface area contributed by atoms with Gasteiger partial charge in [-0.2, -0.15) is 0 Å². The molecule has 0 aliphatic carbocycles. The Labute approximate surface area is 99.5 Å². The summed E-state index contributed by atoms with van der Waals surface area (Å²) in [6, 6.07) is 8.62. The molecule has 1 aromatic carbocycles. The van der Waals surface area contributed by atoms with Gasteiger partial charge in [-0.1, -0.05) is 18.2 Å². The Balaban J connectivity index is 2.79. The number of para-hydroxylation sites is 1. The Kier molecular flexibility index (Phi) is 4.80. The molecule has 0 aliphatic rings. The first-order chi connectivity index (χ1) is 8.17. The number of hydrogen-bond donors (Lipinski definition) is 2. The van der Waals surface area contributed by atoms with Gasteiger partial charge in [0.25, 0.3) is 0 Å². The number of hydrazine groups is 1. The number of benzene rings is 1. The Bertz CT molecular complexity index is 363. The smallest absolute Gasteiger partial charge is 0.333 e. The molecule has 2 amide bonds. The van der Waals surface area contributed by atoms with Crippen LogP contribution in [-0.2, 0) is 9.53 Å². The van der Waals surface area contributed by atoms with Gasteiger partial charge in [-0.3, -0.25) is 9.80 Å². The van der Waals surface area contributed by atoms with Crippen LogP contribution in [0, 0.1) is 0 Å². The first-order valence-electron chi connectivity index (χ1n) is 5.05. The van der Waals surface area contributed by atoms with Crippen molar-refractivity contribution in [1.82, 2.24) is 10.7 Å². The van der Waals surface area contributed by atoms with Gasteiger partial charge in [0.05, 0.1) is 12.8 Å². The summed E-state index contributed by atoms with van der Waals surface area (Å²) in [6.07, 6.45) is 0. The number of ether oxygens (including phenoxy) is 1. The predicted molar refractivity (Wildman–Crippen MR) is 63.4 cm³/mol. The van der Waals surface area contributed by atoms with Crippen LogP contribution in [0.5, 0.6) is 0 Å². The van der Waals surface area contributed by atoms with Crippen LogP contribution < -0.4 is 15.8 Å². The first kappa shape index (κ1) is 12.8. The zero-order valence-corrected chi connectivity index (χ0v) is 9.77. The lowest BCUT2D eigenvalue weighted by Gasteiger charge is -2.23. The van der Waals surface area contributed by atoms with Crippen LogP contribution in [0.2, 0.25) is 0 Å². The lowest BCUT2D eigenvalue weighted by Crippen LogP contribution is -2.48. The molecule has 1 rings (SSSR count). The normalized spacial score (nSPS) is 9.29. The van der Waals surface area contributed by atoms with Crippen molar-refractivity contribution in [2.24, 2.45) is 0 Å². The average Bonchev–Trinajstić information content (AvgIpc) is 2.38. The fraction of sp³-hybridized carbons (Fsp3) is 0.273. The third-order valence-electron chi connectivity index (χ3n) is 2.05. The summed E-state index contributed by atoms with van der Waals surface area (Å²) in [5.74, 6) is -0.440. The second kappa shape index (κ2) is 6.37. The van der Waals surface area contributed by atoms with Crippen molar-refractivity contribution in [2.75, 3.05) is 25.7 Å². The van der Waals surface area contributed by atoms with E-state index in [0.717, 1.165) is 0 Å². The molecule has 0 spiro atoms. The average molecular weight is 237 g/mol. The summed E-state index contributed by atoms with van der Waals surface area (Å²) in [6.45, 7) is -0.0616. The molecular weight excluding hydrogens is 222 g/mol. The van der Waals surface area contributed by atoms with E-state index in [0.29, 0.717) is 5.69 Å². The van der Waals surface area contributed by atoms with Crippen LogP contribution in [0.1, 0.15) is 0 Å². The number of amides is 2. The van der Waals surface area contributed by atoms with E-state index in [4.69, 9.17) is 0 Å². The van der Waals surface area contributed by atoms with Crippen LogP contribution in [-0.4, -0.2) is 32.7 Å².